The Hall–Kier alpha value is -1.60. The molecule has 0 aliphatic heterocycles. The zero-order chi connectivity index (χ0) is 13.9. The summed E-state index contributed by atoms with van der Waals surface area (Å²) in [6.45, 7) is 5.43. The molecule has 2 aromatic rings. The van der Waals surface area contributed by atoms with Crippen molar-refractivity contribution >= 4 is 0 Å². The second-order valence-corrected chi connectivity index (χ2v) is 5.57. The van der Waals surface area contributed by atoms with Gasteiger partial charge in [0.05, 0.1) is 0 Å². The van der Waals surface area contributed by atoms with Crippen molar-refractivity contribution < 1.29 is 0 Å². The van der Waals surface area contributed by atoms with E-state index in [4.69, 9.17) is 0 Å². The molecule has 104 valence electrons. The van der Waals surface area contributed by atoms with Gasteiger partial charge in [0, 0.05) is 6.04 Å². The highest BCUT2D eigenvalue weighted by Crippen LogP contribution is 2.37. The molecule has 0 spiro atoms. The third-order valence-corrected chi connectivity index (χ3v) is 4.39. The van der Waals surface area contributed by atoms with Crippen LogP contribution in [0.4, 0.5) is 0 Å². The van der Waals surface area contributed by atoms with Gasteiger partial charge in [0.15, 0.2) is 0 Å². The average Bonchev–Trinajstić information content (AvgIpc) is 2.91. The van der Waals surface area contributed by atoms with Gasteiger partial charge in [-0.3, -0.25) is 0 Å². The van der Waals surface area contributed by atoms with Crippen molar-refractivity contribution in [2.45, 2.75) is 39.2 Å². The van der Waals surface area contributed by atoms with Crippen molar-refractivity contribution in [3.05, 3.63) is 59.2 Å². The van der Waals surface area contributed by atoms with Crippen LogP contribution in [0.15, 0.2) is 42.5 Å². The molecule has 1 nitrogen and oxygen atoms in total. The average molecular weight is 265 g/mol. The maximum atomic E-state index is 3.60. The maximum Gasteiger partial charge on any atom is 0.0326 e. The fraction of sp³-hybridized carbons (Fsp3) is 0.368. The molecule has 0 saturated heterocycles. The van der Waals surface area contributed by atoms with E-state index in [1.165, 1.54) is 35.1 Å². The van der Waals surface area contributed by atoms with Crippen LogP contribution >= 0.6 is 0 Å². The maximum absolute atomic E-state index is 3.60. The second kappa shape index (κ2) is 5.80. The summed E-state index contributed by atoms with van der Waals surface area (Å²) in [5, 5.41) is 3.60. The molecule has 3 rings (SSSR count). The van der Waals surface area contributed by atoms with Crippen molar-refractivity contribution in [3.63, 3.8) is 0 Å². The number of hydrogen-bond donors (Lipinski definition) is 1. The number of rotatable bonds is 4. The summed E-state index contributed by atoms with van der Waals surface area (Å²) in [5.41, 5.74) is 7.24. The Morgan fingerprint density at radius 3 is 2.55 bits per heavy atom. The van der Waals surface area contributed by atoms with Gasteiger partial charge >= 0.3 is 0 Å². The van der Waals surface area contributed by atoms with E-state index >= 15 is 0 Å². The van der Waals surface area contributed by atoms with E-state index < -0.39 is 0 Å². The summed E-state index contributed by atoms with van der Waals surface area (Å²) in [6.07, 6.45) is 3.53. The number of fused-ring (bicyclic) bond motifs is 1. The third-order valence-electron chi connectivity index (χ3n) is 4.39. The lowest BCUT2D eigenvalue weighted by atomic mass is 9.95. The molecule has 0 amide bonds. The van der Waals surface area contributed by atoms with Gasteiger partial charge in [-0.2, -0.15) is 0 Å². The van der Waals surface area contributed by atoms with Gasteiger partial charge in [-0.05, 0) is 53.6 Å². The van der Waals surface area contributed by atoms with E-state index in [2.05, 4.69) is 61.6 Å². The summed E-state index contributed by atoms with van der Waals surface area (Å²) in [7, 11) is 0. The fourth-order valence-electron chi connectivity index (χ4n) is 3.30. The molecule has 0 aromatic heterocycles. The zero-order valence-corrected chi connectivity index (χ0v) is 12.4. The van der Waals surface area contributed by atoms with Crippen LogP contribution in [0, 0.1) is 0 Å². The Morgan fingerprint density at radius 1 is 1.05 bits per heavy atom. The smallest absolute Gasteiger partial charge is 0.0326 e. The van der Waals surface area contributed by atoms with Crippen LogP contribution in [0.2, 0.25) is 0 Å². The van der Waals surface area contributed by atoms with Crippen LogP contribution in [-0.2, 0) is 12.8 Å². The molecule has 1 aliphatic carbocycles. The Kier molecular flexibility index (Phi) is 3.88. The van der Waals surface area contributed by atoms with Gasteiger partial charge in [0.1, 0.15) is 0 Å². The number of aryl methyl sites for hydroxylation is 1. The standard InChI is InChI=1S/C19H23N/c1-3-14-8-10-15(11-9-14)16-6-5-7-18-17(16)12-13-19(18)20-4-2/h5-11,19-20H,3-4,12-13H2,1-2H3. The van der Waals surface area contributed by atoms with E-state index in [0.717, 1.165) is 13.0 Å². The Morgan fingerprint density at radius 2 is 1.85 bits per heavy atom. The largest absolute Gasteiger partial charge is 0.310 e. The van der Waals surface area contributed by atoms with Crippen molar-refractivity contribution in [1.82, 2.24) is 5.32 Å². The zero-order valence-electron chi connectivity index (χ0n) is 12.4. The summed E-state index contributed by atoms with van der Waals surface area (Å²) in [6, 6.07) is 16.4. The first kappa shape index (κ1) is 13.4. The van der Waals surface area contributed by atoms with Gasteiger partial charge in [-0.1, -0.05) is 56.3 Å². The van der Waals surface area contributed by atoms with Gasteiger partial charge in [0.25, 0.3) is 0 Å². The van der Waals surface area contributed by atoms with E-state index in [-0.39, 0.29) is 0 Å². The van der Waals surface area contributed by atoms with Crippen LogP contribution in [0.1, 0.15) is 43.0 Å². The molecule has 0 saturated carbocycles. The molecular weight excluding hydrogens is 242 g/mol. The Bertz CT molecular complexity index is 583. The lowest BCUT2D eigenvalue weighted by molar-refractivity contribution is 0.549. The minimum atomic E-state index is 0.546. The first-order valence-corrected chi connectivity index (χ1v) is 7.78. The highest BCUT2D eigenvalue weighted by atomic mass is 14.9. The first-order chi connectivity index (χ1) is 9.83. The predicted molar refractivity (Wildman–Crippen MR) is 86.0 cm³/mol. The number of hydrogen-bond acceptors (Lipinski definition) is 1. The highest BCUT2D eigenvalue weighted by molar-refractivity contribution is 5.70. The van der Waals surface area contributed by atoms with E-state index in [1.807, 2.05) is 0 Å². The molecule has 1 aliphatic rings. The third kappa shape index (κ3) is 2.38. The monoisotopic (exact) mass is 265 g/mol. The van der Waals surface area contributed by atoms with Crippen molar-refractivity contribution in [3.8, 4) is 11.1 Å². The van der Waals surface area contributed by atoms with Gasteiger partial charge in [-0.25, -0.2) is 0 Å². The molecule has 1 heteroatoms. The minimum absolute atomic E-state index is 0.546. The normalized spacial score (nSPS) is 17.2. The van der Waals surface area contributed by atoms with E-state index in [0.29, 0.717) is 6.04 Å². The van der Waals surface area contributed by atoms with Gasteiger partial charge in [-0.15, -0.1) is 0 Å². The lowest BCUT2D eigenvalue weighted by Crippen LogP contribution is -2.18. The van der Waals surface area contributed by atoms with E-state index in [9.17, 15) is 0 Å². The Balaban J connectivity index is 1.98. The molecule has 1 unspecified atom stereocenters. The fourth-order valence-corrected chi connectivity index (χ4v) is 3.30. The summed E-state index contributed by atoms with van der Waals surface area (Å²) in [4.78, 5) is 0. The molecular formula is C19H23N. The topological polar surface area (TPSA) is 12.0 Å². The van der Waals surface area contributed by atoms with Crippen molar-refractivity contribution in [2.75, 3.05) is 6.54 Å². The second-order valence-electron chi connectivity index (χ2n) is 5.57. The Labute approximate surface area is 122 Å². The molecule has 0 fully saturated rings. The van der Waals surface area contributed by atoms with E-state index in [1.54, 1.807) is 5.56 Å². The van der Waals surface area contributed by atoms with Crippen LogP contribution < -0.4 is 5.32 Å². The quantitative estimate of drug-likeness (QED) is 0.857. The van der Waals surface area contributed by atoms with Crippen LogP contribution in [-0.4, -0.2) is 6.54 Å². The first-order valence-electron chi connectivity index (χ1n) is 7.78. The lowest BCUT2D eigenvalue weighted by Gasteiger charge is -2.14. The molecule has 1 N–H and O–H groups in total. The number of nitrogens with one attached hydrogen (secondary N) is 1. The molecule has 2 aromatic carbocycles. The summed E-state index contributed by atoms with van der Waals surface area (Å²) in [5.74, 6) is 0. The molecule has 0 heterocycles. The molecule has 20 heavy (non-hydrogen) atoms. The highest BCUT2D eigenvalue weighted by Gasteiger charge is 2.23. The van der Waals surface area contributed by atoms with Crippen LogP contribution in [0.3, 0.4) is 0 Å². The predicted octanol–water partition coefficient (Wildman–Crippen LogP) is 4.51. The van der Waals surface area contributed by atoms with Gasteiger partial charge < -0.3 is 5.32 Å². The summed E-state index contributed by atoms with van der Waals surface area (Å²) < 4.78 is 0. The molecule has 1 atom stereocenters. The van der Waals surface area contributed by atoms with Gasteiger partial charge in [0.2, 0.25) is 0 Å². The molecule has 0 bridgehead atoms. The SMILES string of the molecule is CCNC1CCc2c(-c3ccc(CC)cc3)cccc21. The summed E-state index contributed by atoms with van der Waals surface area (Å²) >= 11 is 0. The van der Waals surface area contributed by atoms with Crippen LogP contribution in [0.25, 0.3) is 11.1 Å². The van der Waals surface area contributed by atoms with Crippen LogP contribution in [0.5, 0.6) is 0 Å². The van der Waals surface area contributed by atoms with Crippen molar-refractivity contribution in [1.29, 1.82) is 0 Å². The number of benzene rings is 2. The molecule has 0 radical (unpaired) electrons. The van der Waals surface area contributed by atoms with Crippen molar-refractivity contribution in [2.24, 2.45) is 0 Å². The minimum Gasteiger partial charge on any atom is -0.310 e.